The van der Waals surface area contributed by atoms with Crippen molar-refractivity contribution in [1.29, 1.82) is 0 Å². The molecule has 0 radical (unpaired) electrons. The van der Waals surface area contributed by atoms with E-state index < -0.39 is 0 Å². The lowest BCUT2D eigenvalue weighted by Crippen LogP contribution is -2.40. The first kappa shape index (κ1) is 14.4. The molecule has 3 atom stereocenters. The summed E-state index contributed by atoms with van der Waals surface area (Å²) in [5.74, 6) is 2.61. The summed E-state index contributed by atoms with van der Waals surface area (Å²) >= 11 is 0. The molecule has 2 nitrogen and oxygen atoms in total. The van der Waals surface area contributed by atoms with Gasteiger partial charge < -0.3 is 10.1 Å². The Hall–Kier alpha value is -1.02. The smallest absolute Gasteiger partial charge is 0.119 e. The van der Waals surface area contributed by atoms with Crippen molar-refractivity contribution in [2.75, 3.05) is 6.61 Å². The highest BCUT2D eigenvalue weighted by Gasteiger charge is 2.26. The van der Waals surface area contributed by atoms with Gasteiger partial charge in [0, 0.05) is 12.6 Å². The molecule has 0 bridgehead atoms. The summed E-state index contributed by atoms with van der Waals surface area (Å²) in [6, 6.07) is 9.13. The van der Waals surface area contributed by atoms with Gasteiger partial charge in [-0.25, -0.2) is 0 Å². The van der Waals surface area contributed by atoms with E-state index in [4.69, 9.17) is 4.74 Å². The van der Waals surface area contributed by atoms with E-state index in [2.05, 4.69) is 43.4 Å². The quantitative estimate of drug-likeness (QED) is 0.865. The lowest BCUT2D eigenvalue weighted by molar-refractivity contribution is 0.206. The molecule has 1 saturated carbocycles. The van der Waals surface area contributed by atoms with E-state index in [-0.39, 0.29) is 0 Å². The molecule has 0 aromatic heterocycles. The van der Waals surface area contributed by atoms with Crippen LogP contribution in [0.3, 0.4) is 0 Å². The maximum Gasteiger partial charge on any atom is 0.119 e. The monoisotopic (exact) mass is 261 g/mol. The molecular formula is C17H27NO. The third-order valence-electron chi connectivity index (χ3n) is 4.51. The van der Waals surface area contributed by atoms with Gasteiger partial charge in [0.15, 0.2) is 0 Å². The second-order valence-corrected chi connectivity index (χ2v) is 5.83. The molecule has 0 spiro atoms. The number of rotatable bonds is 5. The molecule has 19 heavy (non-hydrogen) atoms. The Bertz CT molecular complexity index is 373. The third kappa shape index (κ3) is 3.97. The number of nitrogens with one attached hydrogen (secondary N) is 1. The Balaban J connectivity index is 1.84. The molecule has 0 aliphatic heterocycles. The Morgan fingerprint density at radius 1 is 1.16 bits per heavy atom. The van der Waals surface area contributed by atoms with Gasteiger partial charge in [0.2, 0.25) is 0 Å². The number of hydrogen-bond acceptors (Lipinski definition) is 2. The molecule has 1 aliphatic carbocycles. The summed E-state index contributed by atoms with van der Waals surface area (Å²) in [6.07, 6.45) is 4.08. The third-order valence-corrected chi connectivity index (χ3v) is 4.51. The van der Waals surface area contributed by atoms with Crippen molar-refractivity contribution in [3.8, 4) is 5.75 Å². The standard InChI is InChI=1S/C17H27NO/c1-4-19-16-10-8-15(9-11-16)12-18-17-7-5-6-13(2)14(17)3/h8-11,13-14,17-18H,4-7,12H2,1-3H3/t13-,14+,17+/m1/s1. The van der Waals surface area contributed by atoms with Crippen molar-refractivity contribution >= 4 is 0 Å². The van der Waals surface area contributed by atoms with Gasteiger partial charge in [-0.2, -0.15) is 0 Å². The highest BCUT2D eigenvalue weighted by molar-refractivity contribution is 5.27. The van der Waals surface area contributed by atoms with Crippen LogP contribution in [-0.2, 0) is 6.54 Å². The first-order valence-electron chi connectivity index (χ1n) is 7.65. The zero-order valence-corrected chi connectivity index (χ0v) is 12.5. The minimum atomic E-state index is 0.676. The molecule has 0 unspecified atom stereocenters. The molecular weight excluding hydrogens is 234 g/mol. The summed E-state index contributed by atoms with van der Waals surface area (Å²) < 4.78 is 5.47. The van der Waals surface area contributed by atoms with Crippen molar-refractivity contribution < 1.29 is 4.74 Å². The maximum atomic E-state index is 5.47. The molecule has 1 fully saturated rings. The van der Waals surface area contributed by atoms with Crippen molar-refractivity contribution in [2.24, 2.45) is 11.8 Å². The van der Waals surface area contributed by atoms with Gasteiger partial charge in [-0.1, -0.05) is 38.8 Å². The van der Waals surface area contributed by atoms with Crippen LogP contribution in [-0.4, -0.2) is 12.6 Å². The summed E-state index contributed by atoms with van der Waals surface area (Å²) in [5.41, 5.74) is 1.34. The van der Waals surface area contributed by atoms with Gasteiger partial charge in [0.05, 0.1) is 6.61 Å². The SMILES string of the molecule is CCOc1ccc(CN[C@H]2CCC[C@@H](C)[C@@H]2C)cc1. The summed E-state index contributed by atoms with van der Waals surface area (Å²) in [6.45, 7) is 8.49. The molecule has 106 valence electrons. The predicted octanol–water partition coefficient (Wildman–Crippen LogP) is 4.00. The zero-order valence-electron chi connectivity index (χ0n) is 12.5. The average Bonchev–Trinajstić information content (AvgIpc) is 2.42. The normalized spacial score (nSPS) is 27.2. The summed E-state index contributed by atoms with van der Waals surface area (Å²) in [7, 11) is 0. The Labute approximate surface area is 117 Å². The van der Waals surface area contributed by atoms with Gasteiger partial charge in [0.25, 0.3) is 0 Å². The Kier molecular flexibility index (Phi) is 5.26. The molecule has 0 amide bonds. The van der Waals surface area contributed by atoms with Crippen LogP contribution in [0.4, 0.5) is 0 Å². The van der Waals surface area contributed by atoms with E-state index in [1.807, 2.05) is 6.92 Å². The molecule has 1 N–H and O–H groups in total. The molecule has 1 aromatic rings. The van der Waals surface area contributed by atoms with Crippen LogP contribution < -0.4 is 10.1 Å². The highest BCUT2D eigenvalue weighted by atomic mass is 16.5. The first-order valence-corrected chi connectivity index (χ1v) is 7.65. The van der Waals surface area contributed by atoms with Crippen LogP contribution >= 0.6 is 0 Å². The Morgan fingerprint density at radius 2 is 1.89 bits per heavy atom. The second kappa shape index (κ2) is 6.95. The van der Waals surface area contributed by atoms with Crippen molar-refractivity contribution in [1.82, 2.24) is 5.32 Å². The van der Waals surface area contributed by atoms with Crippen LogP contribution in [0.2, 0.25) is 0 Å². The van der Waals surface area contributed by atoms with Gasteiger partial charge in [-0.3, -0.25) is 0 Å². The zero-order chi connectivity index (χ0) is 13.7. The van der Waals surface area contributed by atoms with Crippen LogP contribution in [0, 0.1) is 11.8 Å². The van der Waals surface area contributed by atoms with E-state index >= 15 is 0 Å². The lowest BCUT2D eigenvalue weighted by Gasteiger charge is -2.34. The summed E-state index contributed by atoms with van der Waals surface area (Å²) in [4.78, 5) is 0. The molecule has 0 heterocycles. The van der Waals surface area contributed by atoms with Crippen molar-refractivity contribution in [3.05, 3.63) is 29.8 Å². The molecule has 1 aromatic carbocycles. The fraction of sp³-hybridized carbons (Fsp3) is 0.647. The van der Waals surface area contributed by atoms with E-state index in [1.165, 1.54) is 24.8 Å². The largest absolute Gasteiger partial charge is 0.494 e. The van der Waals surface area contributed by atoms with Crippen LogP contribution in [0.1, 0.15) is 45.6 Å². The average molecular weight is 261 g/mol. The van der Waals surface area contributed by atoms with E-state index in [0.29, 0.717) is 6.04 Å². The van der Waals surface area contributed by atoms with E-state index in [1.54, 1.807) is 0 Å². The van der Waals surface area contributed by atoms with E-state index in [0.717, 1.165) is 30.7 Å². The first-order chi connectivity index (χ1) is 9.20. The predicted molar refractivity (Wildman–Crippen MR) is 80.4 cm³/mol. The highest BCUT2D eigenvalue weighted by Crippen LogP contribution is 2.29. The van der Waals surface area contributed by atoms with Crippen LogP contribution in [0.15, 0.2) is 24.3 Å². The van der Waals surface area contributed by atoms with Gasteiger partial charge >= 0.3 is 0 Å². The second-order valence-electron chi connectivity index (χ2n) is 5.83. The molecule has 0 saturated heterocycles. The minimum absolute atomic E-state index is 0.676. The minimum Gasteiger partial charge on any atom is -0.494 e. The van der Waals surface area contributed by atoms with Gasteiger partial charge in [-0.15, -0.1) is 0 Å². The number of benzene rings is 1. The fourth-order valence-corrected chi connectivity index (χ4v) is 2.99. The number of ether oxygens (including phenoxy) is 1. The molecule has 2 rings (SSSR count). The molecule has 2 heteroatoms. The van der Waals surface area contributed by atoms with Crippen molar-refractivity contribution in [3.63, 3.8) is 0 Å². The molecule has 1 aliphatic rings. The van der Waals surface area contributed by atoms with Crippen molar-refractivity contribution in [2.45, 2.75) is 52.6 Å². The van der Waals surface area contributed by atoms with E-state index in [9.17, 15) is 0 Å². The van der Waals surface area contributed by atoms with Crippen LogP contribution in [0.25, 0.3) is 0 Å². The fourth-order valence-electron chi connectivity index (χ4n) is 2.99. The van der Waals surface area contributed by atoms with Crippen LogP contribution in [0.5, 0.6) is 5.75 Å². The number of hydrogen-bond donors (Lipinski definition) is 1. The topological polar surface area (TPSA) is 21.3 Å². The summed E-state index contributed by atoms with van der Waals surface area (Å²) in [5, 5.41) is 3.73. The van der Waals surface area contributed by atoms with Gasteiger partial charge in [-0.05, 0) is 42.9 Å². The Morgan fingerprint density at radius 3 is 2.58 bits per heavy atom. The van der Waals surface area contributed by atoms with Gasteiger partial charge in [0.1, 0.15) is 5.75 Å². The maximum absolute atomic E-state index is 5.47. The lowest BCUT2D eigenvalue weighted by atomic mass is 9.78.